The molecule has 2 N–H and O–H groups in total. The Balaban J connectivity index is 1.66. The smallest absolute Gasteiger partial charge is 0.258 e. The summed E-state index contributed by atoms with van der Waals surface area (Å²) in [5, 5.41) is 3.85. The minimum atomic E-state index is -0.223. The van der Waals surface area contributed by atoms with Gasteiger partial charge >= 0.3 is 0 Å². The molecule has 0 bridgehead atoms. The van der Waals surface area contributed by atoms with Crippen molar-refractivity contribution in [2.75, 3.05) is 18.9 Å². The summed E-state index contributed by atoms with van der Waals surface area (Å²) in [6.07, 6.45) is 0. The summed E-state index contributed by atoms with van der Waals surface area (Å²) in [5.41, 5.74) is 2.19. The fourth-order valence-electron chi connectivity index (χ4n) is 2.63. The molecule has 2 aromatic carbocycles. The fraction of sp³-hybridized carbons (Fsp3) is 0.211. The van der Waals surface area contributed by atoms with Gasteiger partial charge in [-0.25, -0.2) is 4.98 Å². The first-order chi connectivity index (χ1) is 12.4. The molecule has 0 radical (unpaired) electrons. The van der Waals surface area contributed by atoms with E-state index >= 15 is 0 Å². The van der Waals surface area contributed by atoms with Crippen molar-refractivity contribution in [1.29, 1.82) is 0 Å². The molecule has 0 saturated carbocycles. The number of carbonyl (C=O) groups is 1. The lowest BCUT2D eigenvalue weighted by atomic mass is 10.2. The monoisotopic (exact) mass is 370 g/mol. The van der Waals surface area contributed by atoms with Gasteiger partial charge in [0.1, 0.15) is 5.82 Å². The number of nitrogens with zero attached hydrogens (tertiary/aromatic N) is 2. The summed E-state index contributed by atoms with van der Waals surface area (Å²) in [5.74, 6) is 0.345. The van der Waals surface area contributed by atoms with Crippen LogP contribution < -0.4 is 10.9 Å². The quantitative estimate of drug-likeness (QED) is 0.723. The van der Waals surface area contributed by atoms with Gasteiger partial charge in [-0.2, -0.15) is 0 Å². The Labute approximate surface area is 155 Å². The highest BCUT2D eigenvalue weighted by Gasteiger charge is 2.10. The van der Waals surface area contributed by atoms with Gasteiger partial charge in [-0.3, -0.25) is 14.5 Å². The minimum Gasteiger partial charge on any atom is -0.325 e. The van der Waals surface area contributed by atoms with E-state index in [4.69, 9.17) is 11.6 Å². The molecule has 0 aliphatic carbocycles. The molecule has 3 rings (SSSR count). The Kier molecular flexibility index (Phi) is 5.35. The molecule has 3 aromatic rings. The number of benzene rings is 2. The van der Waals surface area contributed by atoms with Crippen LogP contribution in [0.25, 0.3) is 10.9 Å². The first-order valence-electron chi connectivity index (χ1n) is 8.14. The molecule has 0 atom stereocenters. The fourth-order valence-corrected chi connectivity index (χ4v) is 2.80. The van der Waals surface area contributed by atoms with Crippen molar-refractivity contribution in [3.8, 4) is 0 Å². The van der Waals surface area contributed by atoms with Gasteiger partial charge < -0.3 is 10.3 Å². The Hall–Kier alpha value is -2.70. The summed E-state index contributed by atoms with van der Waals surface area (Å²) in [7, 11) is 1.79. The van der Waals surface area contributed by atoms with Crippen LogP contribution in [-0.2, 0) is 11.3 Å². The highest BCUT2D eigenvalue weighted by molar-refractivity contribution is 6.31. The van der Waals surface area contributed by atoms with E-state index in [0.29, 0.717) is 28.3 Å². The van der Waals surface area contributed by atoms with Gasteiger partial charge in [0.05, 0.1) is 24.0 Å². The summed E-state index contributed by atoms with van der Waals surface area (Å²) >= 11 is 5.97. The number of fused-ring (bicyclic) bond motifs is 1. The van der Waals surface area contributed by atoms with E-state index in [1.807, 2.05) is 31.2 Å². The molecule has 1 amide bonds. The van der Waals surface area contributed by atoms with Crippen molar-refractivity contribution < 1.29 is 4.79 Å². The Morgan fingerprint density at radius 2 is 1.96 bits per heavy atom. The molecule has 134 valence electrons. The van der Waals surface area contributed by atoms with Crippen LogP contribution in [0, 0.1) is 6.92 Å². The molecule has 1 aromatic heterocycles. The highest BCUT2D eigenvalue weighted by atomic mass is 35.5. The maximum atomic E-state index is 12.2. The number of carbonyl (C=O) groups excluding carboxylic acids is 1. The molecule has 26 heavy (non-hydrogen) atoms. The molecule has 0 aliphatic heterocycles. The largest absolute Gasteiger partial charge is 0.325 e. The van der Waals surface area contributed by atoms with Crippen LogP contribution in [0.5, 0.6) is 0 Å². The molecule has 0 fully saturated rings. The molecular formula is C19H19ClN4O2. The van der Waals surface area contributed by atoms with E-state index in [9.17, 15) is 9.59 Å². The third-order valence-corrected chi connectivity index (χ3v) is 4.12. The SMILES string of the molecule is Cc1ccc(NC(=O)CN(C)Cc2nc3cc(Cl)ccc3c(=O)[nH]2)cc1. The lowest BCUT2D eigenvalue weighted by molar-refractivity contribution is -0.117. The van der Waals surface area contributed by atoms with Gasteiger partial charge in [0, 0.05) is 10.7 Å². The number of H-pyrrole nitrogens is 1. The minimum absolute atomic E-state index is 0.137. The number of nitrogens with one attached hydrogen (secondary N) is 2. The number of hydrogen-bond acceptors (Lipinski definition) is 4. The summed E-state index contributed by atoms with van der Waals surface area (Å²) in [4.78, 5) is 33.3. The maximum Gasteiger partial charge on any atom is 0.258 e. The highest BCUT2D eigenvalue weighted by Crippen LogP contribution is 2.15. The second-order valence-corrected chi connectivity index (χ2v) is 6.70. The van der Waals surface area contributed by atoms with E-state index < -0.39 is 0 Å². The molecular weight excluding hydrogens is 352 g/mol. The van der Waals surface area contributed by atoms with Crippen molar-refractivity contribution in [1.82, 2.24) is 14.9 Å². The Morgan fingerprint density at radius 3 is 2.69 bits per heavy atom. The molecule has 0 saturated heterocycles. The van der Waals surface area contributed by atoms with Crippen molar-refractivity contribution in [2.24, 2.45) is 0 Å². The first-order valence-corrected chi connectivity index (χ1v) is 8.52. The van der Waals surface area contributed by atoms with Crippen LogP contribution >= 0.6 is 11.6 Å². The number of amides is 1. The van der Waals surface area contributed by atoms with Crippen LogP contribution in [-0.4, -0.2) is 34.4 Å². The zero-order chi connectivity index (χ0) is 18.7. The van der Waals surface area contributed by atoms with Crippen LogP contribution in [0.2, 0.25) is 5.02 Å². The number of hydrogen-bond donors (Lipinski definition) is 2. The number of aromatic amines is 1. The zero-order valence-corrected chi connectivity index (χ0v) is 15.3. The third kappa shape index (κ3) is 4.47. The van der Waals surface area contributed by atoms with Crippen molar-refractivity contribution in [3.63, 3.8) is 0 Å². The molecule has 7 heteroatoms. The van der Waals surface area contributed by atoms with Crippen LogP contribution in [0.3, 0.4) is 0 Å². The number of aromatic nitrogens is 2. The summed E-state index contributed by atoms with van der Waals surface area (Å²) in [6.45, 7) is 2.49. The Bertz CT molecular complexity index is 999. The van der Waals surface area contributed by atoms with E-state index in [-0.39, 0.29) is 18.0 Å². The van der Waals surface area contributed by atoms with Gasteiger partial charge in [0.15, 0.2) is 0 Å². The number of halogens is 1. The molecule has 1 heterocycles. The summed E-state index contributed by atoms with van der Waals surface area (Å²) in [6, 6.07) is 12.6. The van der Waals surface area contributed by atoms with Crippen LogP contribution in [0.15, 0.2) is 47.3 Å². The van der Waals surface area contributed by atoms with E-state index in [0.717, 1.165) is 11.3 Å². The molecule has 6 nitrogen and oxygen atoms in total. The van der Waals surface area contributed by atoms with Gasteiger partial charge in [-0.15, -0.1) is 0 Å². The average molecular weight is 371 g/mol. The maximum absolute atomic E-state index is 12.2. The van der Waals surface area contributed by atoms with Gasteiger partial charge in [0.2, 0.25) is 5.91 Å². The predicted molar refractivity (Wildman–Crippen MR) is 104 cm³/mol. The van der Waals surface area contributed by atoms with Gasteiger partial charge in [-0.05, 0) is 44.3 Å². The number of aryl methyl sites for hydroxylation is 1. The second kappa shape index (κ2) is 7.68. The van der Waals surface area contributed by atoms with Crippen molar-refractivity contribution >= 4 is 34.1 Å². The zero-order valence-electron chi connectivity index (χ0n) is 14.5. The van der Waals surface area contributed by atoms with E-state index in [1.165, 1.54) is 0 Å². The summed E-state index contributed by atoms with van der Waals surface area (Å²) < 4.78 is 0. The Morgan fingerprint density at radius 1 is 1.23 bits per heavy atom. The van der Waals surface area contributed by atoms with E-state index in [1.54, 1.807) is 30.1 Å². The lowest BCUT2D eigenvalue weighted by Gasteiger charge is -2.16. The standard InChI is InChI=1S/C19H19ClN4O2/c1-12-3-6-14(7-4-12)21-18(25)11-24(2)10-17-22-16-9-13(20)5-8-15(16)19(26)23-17/h3-9H,10-11H2,1-2H3,(H,21,25)(H,22,23,26). The van der Waals surface area contributed by atoms with Gasteiger partial charge in [0.25, 0.3) is 5.56 Å². The van der Waals surface area contributed by atoms with Crippen molar-refractivity contribution in [3.05, 3.63) is 69.2 Å². The van der Waals surface area contributed by atoms with Crippen LogP contribution in [0.1, 0.15) is 11.4 Å². The predicted octanol–water partition coefficient (Wildman–Crippen LogP) is 2.96. The molecule has 0 unspecified atom stereocenters. The van der Waals surface area contributed by atoms with E-state index in [2.05, 4.69) is 15.3 Å². The van der Waals surface area contributed by atoms with Gasteiger partial charge in [-0.1, -0.05) is 29.3 Å². The number of likely N-dealkylation sites (N-methyl/N-ethyl adjacent to an activating group) is 1. The average Bonchev–Trinajstić information content (AvgIpc) is 2.56. The number of rotatable bonds is 5. The normalized spacial score (nSPS) is 11.1. The lowest BCUT2D eigenvalue weighted by Crippen LogP contribution is -2.31. The first kappa shape index (κ1) is 18.1. The molecule has 0 spiro atoms. The van der Waals surface area contributed by atoms with Crippen LogP contribution in [0.4, 0.5) is 5.69 Å². The topological polar surface area (TPSA) is 78.1 Å². The second-order valence-electron chi connectivity index (χ2n) is 6.26. The molecule has 0 aliphatic rings. The number of anilines is 1. The third-order valence-electron chi connectivity index (χ3n) is 3.89. The van der Waals surface area contributed by atoms with Crippen molar-refractivity contribution in [2.45, 2.75) is 13.5 Å².